The summed E-state index contributed by atoms with van der Waals surface area (Å²) in [5, 5.41) is 4.92. The lowest BCUT2D eigenvalue weighted by Gasteiger charge is -2.36. The zero-order valence-electron chi connectivity index (χ0n) is 19.9. The van der Waals surface area contributed by atoms with Crippen LogP contribution in [0.15, 0.2) is 79.0 Å². The van der Waals surface area contributed by atoms with Gasteiger partial charge in [0.15, 0.2) is 0 Å². The van der Waals surface area contributed by atoms with Crippen LogP contribution in [0, 0.1) is 0 Å². The highest BCUT2D eigenvalue weighted by molar-refractivity contribution is 5.96. The van der Waals surface area contributed by atoms with E-state index in [1.807, 2.05) is 0 Å². The average Bonchev–Trinajstić information content (AvgIpc) is 3.42. The molecule has 0 amide bonds. The van der Waals surface area contributed by atoms with Gasteiger partial charge in [-0.05, 0) is 49.1 Å². The van der Waals surface area contributed by atoms with E-state index in [1.165, 1.54) is 33.2 Å². The third-order valence-corrected chi connectivity index (χ3v) is 7.26. The summed E-state index contributed by atoms with van der Waals surface area (Å²) in [4.78, 5) is 3.48. The van der Waals surface area contributed by atoms with Gasteiger partial charge in [-0.1, -0.05) is 93.4 Å². The molecule has 0 fully saturated rings. The summed E-state index contributed by atoms with van der Waals surface area (Å²) in [6.07, 6.45) is 7.30. The lowest BCUT2D eigenvalue weighted by molar-refractivity contribution is -0.146. The molecule has 0 bridgehead atoms. The Hall–Kier alpha value is -2.88. The van der Waals surface area contributed by atoms with Gasteiger partial charge in [0.25, 0.3) is 0 Å². The van der Waals surface area contributed by atoms with Crippen LogP contribution < -0.4 is 5.32 Å². The SMILES string of the molecule is CCCCC1(NC)OC(CCC)(c2ccccc2)c2cccc(-c3c[nH]c4ccccc34)c21. The molecule has 4 aromatic rings. The number of ether oxygens (including phenoxy) is 1. The van der Waals surface area contributed by atoms with Crippen molar-refractivity contribution in [3.8, 4) is 11.1 Å². The number of unbranched alkanes of at least 4 members (excludes halogenated alkanes) is 1. The van der Waals surface area contributed by atoms with Crippen LogP contribution in [-0.2, 0) is 16.1 Å². The van der Waals surface area contributed by atoms with E-state index in [9.17, 15) is 0 Å². The second-order valence-corrected chi connectivity index (χ2v) is 9.20. The lowest BCUT2D eigenvalue weighted by Crippen LogP contribution is -2.43. The van der Waals surface area contributed by atoms with Crippen molar-refractivity contribution < 1.29 is 4.74 Å². The Morgan fingerprint density at radius 2 is 1.61 bits per heavy atom. The first-order valence-electron chi connectivity index (χ1n) is 12.3. The molecule has 0 aliphatic carbocycles. The molecule has 0 radical (unpaired) electrons. The van der Waals surface area contributed by atoms with E-state index in [0.717, 1.165) is 37.6 Å². The van der Waals surface area contributed by atoms with Gasteiger partial charge in [0.05, 0.1) is 0 Å². The number of para-hydroxylation sites is 1. The van der Waals surface area contributed by atoms with Crippen molar-refractivity contribution in [2.24, 2.45) is 0 Å². The molecule has 5 rings (SSSR count). The molecule has 33 heavy (non-hydrogen) atoms. The molecule has 1 aliphatic heterocycles. The molecule has 1 aliphatic rings. The number of H-pyrrole nitrogens is 1. The van der Waals surface area contributed by atoms with Crippen LogP contribution in [0.3, 0.4) is 0 Å². The van der Waals surface area contributed by atoms with Crippen LogP contribution in [0.1, 0.15) is 62.6 Å². The van der Waals surface area contributed by atoms with E-state index >= 15 is 0 Å². The summed E-state index contributed by atoms with van der Waals surface area (Å²) in [7, 11) is 2.05. The van der Waals surface area contributed by atoms with Crippen molar-refractivity contribution in [1.29, 1.82) is 0 Å². The van der Waals surface area contributed by atoms with E-state index in [0.29, 0.717) is 0 Å². The Balaban J connectivity index is 1.82. The third kappa shape index (κ3) is 3.42. The van der Waals surface area contributed by atoms with E-state index in [1.54, 1.807) is 0 Å². The molecule has 170 valence electrons. The standard InChI is InChI=1S/C30H34N2O/c1-4-6-20-30(31-3)28-24(25-21-32-27-18-11-10-15-23(25)27)16-12-17-26(28)29(33-30,19-5-2)22-13-8-7-9-14-22/h7-18,21,31-32H,4-6,19-20H2,1-3H3. The van der Waals surface area contributed by atoms with Gasteiger partial charge in [-0.3, -0.25) is 5.32 Å². The summed E-state index contributed by atoms with van der Waals surface area (Å²) in [5.74, 6) is 0. The molecule has 2 N–H and O–H groups in total. The van der Waals surface area contributed by atoms with E-state index < -0.39 is 11.3 Å². The highest BCUT2D eigenvalue weighted by Gasteiger charge is 2.54. The first kappa shape index (κ1) is 21.9. The first-order chi connectivity index (χ1) is 16.2. The van der Waals surface area contributed by atoms with E-state index in [4.69, 9.17) is 4.74 Å². The van der Waals surface area contributed by atoms with Crippen LogP contribution in [-0.4, -0.2) is 12.0 Å². The number of rotatable bonds is 8. The van der Waals surface area contributed by atoms with Gasteiger partial charge in [-0.15, -0.1) is 0 Å². The number of aromatic amines is 1. The number of aromatic nitrogens is 1. The first-order valence-corrected chi connectivity index (χ1v) is 12.3. The highest BCUT2D eigenvalue weighted by Crippen LogP contribution is 2.56. The molecule has 3 aromatic carbocycles. The quantitative estimate of drug-likeness (QED) is 0.299. The maximum absolute atomic E-state index is 7.31. The number of hydrogen-bond donors (Lipinski definition) is 2. The minimum Gasteiger partial charge on any atom is -0.361 e. The topological polar surface area (TPSA) is 37.0 Å². The second-order valence-electron chi connectivity index (χ2n) is 9.20. The highest BCUT2D eigenvalue weighted by atomic mass is 16.5. The van der Waals surface area contributed by atoms with Crippen molar-refractivity contribution in [2.45, 2.75) is 57.3 Å². The predicted octanol–water partition coefficient (Wildman–Crippen LogP) is 7.47. The molecule has 1 aromatic heterocycles. The fourth-order valence-corrected chi connectivity index (χ4v) is 5.75. The van der Waals surface area contributed by atoms with Crippen molar-refractivity contribution in [3.63, 3.8) is 0 Å². The molecule has 3 nitrogen and oxygen atoms in total. The minimum atomic E-state index is -0.536. The largest absolute Gasteiger partial charge is 0.361 e. The van der Waals surface area contributed by atoms with Gasteiger partial charge < -0.3 is 9.72 Å². The Bertz CT molecular complexity index is 1240. The summed E-state index contributed by atoms with van der Waals surface area (Å²) < 4.78 is 7.31. The molecule has 0 saturated carbocycles. The van der Waals surface area contributed by atoms with Gasteiger partial charge >= 0.3 is 0 Å². The molecule has 2 atom stereocenters. The number of fused-ring (bicyclic) bond motifs is 2. The van der Waals surface area contributed by atoms with Gasteiger partial charge in [0, 0.05) is 28.2 Å². The average molecular weight is 439 g/mol. The van der Waals surface area contributed by atoms with Gasteiger partial charge in [0.2, 0.25) is 0 Å². The second kappa shape index (κ2) is 8.81. The summed E-state index contributed by atoms with van der Waals surface area (Å²) in [6.45, 7) is 4.50. The van der Waals surface area contributed by atoms with Crippen LogP contribution >= 0.6 is 0 Å². The summed E-state index contributed by atoms with van der Waals surface area (Å²) >= 11 is 0. The summed E-state index contributed by atoms with van der Waals surface area (Å²) in [5.41, 5.74) is 6.47. The Labute approximate surface area is 197 Å². The number of hydrogen-bond acceptors (Lipinski definition) is 2. The molecule has 2 heterocycles. The zero-order valence-corrected chi connectivity index (χ0v) is 19.9. The van der Waals surface area contributed by atoms with Crippen molar-refractivity contribution >= 4 is 10.9 Å². The molecule has 0 saturated heterocycles. The van der Waals surface area contributed by atoms with Crippen LogP contribution in [0.2, 0.25) is 0 Å². The van der Waals surface area contributed by atoms with Gasteiger partial charge in [-0.25, -0.2) is 0 Å². The molecule has 2 unspecified atom stereocenters. The van der Waals surface area contributed by atoms with Crippen molar-refractivity contribution in [3.05, 3.63) is 95.7 Å². The third-order valence-electron chi connectivity index (χ3n) is 7.26. The van der Waals surface area contributed by atoms with Crippen molar-refractivity contribution in [2.75, 3.05) is 7.05 Å². The lowest BCUT2D eigenvalue weighted by atomic mass is 9.79. The fraction of sp³-hybridized carbons (Fsp3) is 0.333. The Morgan fingerprint density at radius 1 is 0.818 bits per heavy atom. The van der Waals surface area contributed by atoms with Crippen molar-refractivity contribution in [1.82, 2.24) is 10.3 Å². The fourth-order valence-electron chi connectivity index (χ4n) is 5.75. The monoisotopic (exact) mass is 438 g/mol. The normalized spacial score (nSPS) is 22.0. The molecule has 0 spiro atoms. The Kier molecular flexibility index (Phi) is 5.86. The maximum atomic E-state index is 7.31. The molecular formula is C30H34N2O. The van der Waals surface area contributed by atoms with Crippen LogP contribution in [0.25, 0.3) is 22.0 Å². The number of nitrogens with one attached hydrogen (secondary N) is 2. The van der Waals surface area contributed by atoms with E-state index in [2.05, 4.69) is 110 Å². The molecule has 3 heteroatoms. The zero-order chi connectivity index (χ0) is 22.9. The van der Waals surface area contributed by atoms with E-state index in [-0.39, 0.29) is 0 Å². The van der Waals surface area contributed by atoms with Crippen LogP contribution in [0.4, 0.5) is 0 Å². The summed E-state index contributed by atoms with van der Waals surface area (Å²) in [6, 6.07) is 26.1. The van der Waals surface area contributed by atoms with Crippen LogP contribution in [0.5, 0.6) is 0 Å². The number of benzene rings is 3. The molecular weight excluding hydrogens is 404 g/mol. The maximum Gasteiger partial charge on any atom is 0.147 e. The predicted molar refractivity (Wildman–Crippen MR) is 137 cm³/mol. The smallest absolute Gasteiger partial charge is 0.147 e. The van der Waals surface area contributed by atoms with Gasteiger partial charge in [-0.2, -0.15) is 0 Å². The minimum absolute atomic E-state index is 0.468. The van der Waals surface area contributed by atoms with Gasteiger partial charge in [0.1, 0.15) is 11.3 Å². The Morgan fingerprint density at radius 3 is 2.36 bits per heavy atom.